The molecule has 0 saturated heterocycles. The van der Waals surface area contributed by atoms with E-state index in [1.807, 2.05) is 12.1 Å². The number of hydrogen-bond acceptors (Lipinski definition) is 6. The van der Waals surface area contributed by atoms with Gasteiger partial charge in [0.1, 0.15) is 0 Å². The third-order valence-electron chi connectivity index (χ3n) is 1.95. The molecular weight excluding hydrogens is 306 g/mol. The van der Waals surface area contributed by atoms with E-state index in [1.165, 1.54) is 11.8 Å². The lowest BCUT2D eigenvalue weighted by Crippen LogP contribution is -2.05. The van der Waals surface area contributed by atoms with Gasteiger partial charge in [0, 0.05) is 16.4 Å². The van der Waals surface area contributed by atoms with E-state index < -0.39 is 0 Å². The number of hydrogen-bond donors (Lipinski definition) is 1. The van der Waals surface area contributed by atoms with Gasteiger partial charge in [0.2, 0.25) is 5.16 Å². The maximum absolute atomic E-state index is 8.84. The summed E-state index contributed by atoms with van der Waals surface area (Å²) in [6.07, 6.45) is 1.76. The van der Waals surface area contributed by atoms with Crippen LogP contribution in [0.5, 0.6) is 0 Å². The number of aliphatic hydroxyl groups excluding tert-OH is 1. The van der Waals surface area contributed by atoms with Gasteiger partial charge in [-0.2, -0.15) is 0 Å². The summed E-state index contributed by atoms with van der Waals surface area (Å²) in [5.74, 6) is 0.694. The molecule has 2 aromatic heterocycles. The fourth-order valence-corrected chi connectivity index (χ4v) is 2.22. The molecule has 0 saturated carbocycles. The summed E-state index contributed by atoms with van der Waals surface area (Å²) in [6, 6.07) is 3.89. The smallest absolute Gasteiger partial charge is 0.209 e. The van der Waals surface area contributed by atoms with Gasteiger partial charge in [0.15, 0.2) is 0 Å². The maximum Gasteiger partial charge on any atom is 0.209 e. The number of thioether (sulfide) groups is 1. The highest BCUT2D eigenvalue weighted by Gasteiger charge is 2.06. The molecule has 0 aliphatic rings. The van der Waals surface area contributed by atoms with Crippen LogP contribution in [-0.4, -0.2) is 36.9 Å². The zero-order chi connectivity index (χ0) is 12.1. The monoisotopic (exact) mass is 315 g/mol. The molecule has 2 aromatic rings. The Bertz CT molecular complexity index is 474. The SMILES string of the molecule is OCCn1nnnc1SCc1ccc(Br)cn1. The summed E-state index contributed by atoms with van der Waals surface area (Å²) in [6.45, 7) is 0.429. The van der Waals surface area contributed by atoms with Gasteiger partial charge in [0.25, 0.3) is 0 Å². The lowest BCUT2D eigenvalue weighted by molar-refractivity contribution is 0.262. The van der Waals surface area contributed by atoms with Crippen LogP contribution in [-0.2, 0) is 12.3 Å². The standard InChI is InChI=1S/C9H10BrN5OS/c10-7-1-2-8(11-5-7)6-17-9-12-13-14-15(9)3-4-16/h1-2,5,16H,3-4,6H2. The Kier molecular flexibility index (Phi) is 4.46. The van der Waals surface area contributed by atoms with Crippen LogP contribution in [0, 0.1) is 0 Å². The topological polar surface area (TPSA) is 76.7 Å². The molecule has 0 aliphatic carbocycles. The highest BCUT2D eigenvalue weighted by Crippen LogP contribution is 2.19. The van der Waals surface area contributed by atoms with E-state index >= 15 is 0 Å². The van der Waals surface area contributed by atoms with Crippen molar-refractivity contribution >= 4 is 27.7 Å². The molecule has 0 amide bonds. The van der Waals surface area contributed by atoms with Gasteiger partial charge in [-0.1, -0.05) is 11.8 Å². The Hall–Kier alpha value is -0.990. The van der Waals surface area contributed by atoms with Crippen molar-refractivity contribution in [2.75, 3.05) is 6.61 Å². The molecule has 0 fully saturated rings. The van der Waals surface area contributed by atoms with Gasteiger partial charge in [-0.25, -0.2) is 4.68 Å². The summed E-state index contributed by atoms with van der Waals surface area (Å²) >= 11 is 4.82. The Labute approximate surface area is 111 Å². The summed E-state index contributed by atoms with van der Waals surface area (Å²) in [7, 11) is 0. The van der Waals surface area contributed by atoms with Gasteiger partial charge >= 0.3 is 0 Å². The third-order valence-corrected chi connectivity index (χ3v) is 3.41. The van der Waals surface area contributed by atoms with Gasteiger partial charge in [-0.3, -0.25) is 4.98 Å². The van der Waals surface area contributed by atoms with Gasteiger partial charge in [-0.15, -0.1) is 5.10 Å². The largest absolute Gasteiger partial charge is 0.394 e. The van der Waals surface area contributed by atoms with Crippen LogP contribution in [0.1, 0.15) is 5.69 Å². The fourth-order valence-electron chi connectivity index (χ4n) is 1.17. The molecule has 2 rings (SSSR count). The lowest BCUT2D eigenvalue weighted by Gasteiger charge is -2.02. The number of aliphatic hydroxyl groups is 1. The van der Waals surface area contributed by atoms with Crippen LogP contribution in [0.25, 0.3) is 0 Å². The van der Waals surface area contributed by atoms with E-state index in [-0.39, 0.29) is 6.61 Å². The average molecular weight is 316 g/mol. The van der Waals surface area contributed by atoms with Crippen LogP contribution in [0.15, 0.2) is 28.0 Å². The van der Waals surface area contributed by atoms with Crippen molar-refractivity contribution in [2.24, 2.45) is 0 Å². The van der Waals surface area contributed by atoms with E-state index in [2.05, 4.69) is 36.4 Å². The van der Waals surface area contributed by atoms with Crippen molar-refractivity contribution in [1.82, 2.24) is 25.2 Å². The first-order valence-corrected chi connectivity index (χ1v) is 6.67. The summed E-state index contributed by atoms with van der Waals surface area (Å²) < 4.78 is 2.53. The number of tetrazole rings is 1. The number of nitrogens with zero attached hydrogens (tertiary/aromatic N) is 5. The van der Waals surface area contributed by atoms with Crippen LogP contribution >= 0.6 is 27.7 Å². The molecular formula is C9H10BrN5OS. The summed E-state index contributed by atoms with van der Waals surface area (Å²) in [4.78, 5) is 4.26. The first-order valence-electron chi connectivity index (χ1n) is 4.90. The number of rotatable bonds is 5. The Balaban J connectivity index is 1.97. The molecule has 8 heteroatoms. The Morgan fingerprint density at radius 3 is 3.00 bits per heavy atom. The van der Waals surface area contributed by atoms with Gasteiger partial charge in [-0.05, 0) is 38.5 Å². The molecule has 0 bridgehead atoms. The van der Waals surface area contributed by atoms with Crippen molar-refractivity contribution in [3.63, 3.8) is 0 Å². The van der Waals surface area contributed by atoms with Crippen molar-refractivity contribution in [1.29, 1.82) is 0 Å². The quantitative estimate of drug-likeness (QED) is 0.833. The predicted molar refractivity (Wildman–Crippen MR) is 66.4 cm³/mol. The second-order valence-corrected chi connectivity index (χ2v) is 5.02. The molecule has 17 heavy (non-hydrogen) atoms. The van der Waals surface area contributed by atoms with E-state index in [0.29, 0.717) is 17.5 Å². The second-order valence-electron chi connectivity index (χ2n) is 3.16. The lowest BCUT2D eigenvalue weighted by atomic mass is 10.4. The van der Waals surface area contributed by atoms with Crippen molar-refractivity contribution in [3.05, 3.63) is 28.5 Å². The first-order chi connectivity index (χ1) is 8.29. The predicted octanol–water partition coefficient (Wildman–Crippen LogP) is 1.12. The first kappa shape index (κ1) is 12.5. The molecule has 0 radical (unpaired) electrons. The fraction of sp³-hybridized carbons (Fsp3) is 0.333. The van der Waals surface area contributed by atoms with Crippen molar-refractivity contribution in [2.45, 2.75) is 17.5 Å². The van der Waals surface area contributed by atoms with Crippen molar-refractivity contribution in [3.8, 4) is 0 Å². The molecule has 2 heterocycles. The Morgan fingerprint density at radius 1 is 1.41 bits per heavy atom. The average Bonchev–Trinajstić information content (AvgIpc) is 2.77. The van der Waals surface area contributed by atoms with Gasteiger partial charge < -0.3 is 5.11 Å². The van der Waals surface area contributed by atoms with E-state index in [9.17, 15) is 0 Å². The van der Waals surface area contributed by atoms with E-state index in [1.54, 1.807) is 10.9 Å². The van der Waals surface area contributed by atoms with Gasteiger partial charge in [0.05, 0.1) is 18.8 Å². The molecule has 6 nitrogen and oxygen atoms in total. The number of pyridine rings is 1. The zero-order valence-electron chi connectivity index (χ0n) is 8.82. The van der Waals surface area contributed by atoms with Crippen LogP contribution < -0.4 is 0 Å². The number of halogens is 1. The molecule has 1 N–H and O–H groups in total. The molecule has 90 valence electrons. The third kappa shape index (κ3) is 3.48. The van der Waals surface area contributed by atoms with E-state index in [0.717, 1.165) is 10.2 Å². The van der Waals surface area contributed by atoms with Crippen LogP contribution in [0.2, 0.25) is 0 Å². The highest BCUT2D eigenvalue weighted by molar-refractivity contribution is 9.10. The summed E-state index contributed by atoms with van der Waals surface area (Å²) in [5.41, 5.74) is 0.955. The Morgan fingerprint density at radius 2 is 2.29 bits per heavy atom. The summed E-state index contributed by atoms with van der Waals surface area (Å²) in [5, 5.41) is 20.8. The molecule has 0 unspecified atom stereocenters. The van der Waals surface area contributed by atoms with E-state index in [4.69, 9.17) is 5.11 Å². The van der Waals surface area contributed by atoms with Crippen LogP contribution in [0.3, 0.4) is 0 Å². The maximum atomic E-state index is 8.84. The highest BCUT2D eigenvalue weighted by atomic mass is 79.9. The van der Waals surface area contributed by atoms with Crippen LogP contribution in [0.4, 0.5) is 0 Å². The molecule has 0 aliphatic heterocycles. The zero-order valence-corrected chi connectivity index (χ0v) is 11.2. The normalized spacial score (nSPS) is 10.7. The second kappa shape index (κ2) is 6.08. The minimum atomic E-state index is 0.0230. The molecule has 0 atom stereocenters. The van der Waals surface area contributed by atoms with Crippen molar-refractivity contribution < 1.29 is 5.11 Å². The minimum absolute atomic E-state index is 0.0230. The minimum Gasteiger partial charge on any atom is -0.394 e. The number of aromatic nitrogens is 5. The molecule has 0 aromatic carbocycles. The molecule has 0 spiro atoms.